The molecule has 0 unspecified atom stereocenters. The Balaban J connectivity index is 1.88. The van der Waals surface area contributed by atoms with Gasteiger partial charge in [0.25, 0.3) is 0 Å². The van der Waals surface area contributed by atoms with Crippen molar-refractivity contribution in [1.82, 2.24) is 10.2 Å². The molecule has 1 aliphatic rings. The molecule has 1 aromatic heterocycles. The van der Waals surface area contributed by atoms with Crippen LogP contribution in [0.2, 0.25) is 0 Å². The van der Waals surface area contributed by atoms with Crippen LogP contribution in [0.15, 0.2) is 29.0 Å². The predicted molar refractivity (Wildman–Crippen MR) is 80.2 cm³/mol. The summed E-state index contributed by atoms with van der Waals surface area (Å²) in [7, 11) is 4.11. The van der Waals surface area contributed by atoms with Crippen LogP contribution in [0.3, 0.4) is 0 Å². The fraction of sp³-hybridized carbons (Fsp3) is 0.533. The van der Waals surface area contributed by atoms with Crippen LogP contribution in [0.5, 0.6) is 0 Å². The Labute approximate surface area is 119 Å². The average Bonchev–Trinajstić information content (AvgIpc) is 2.93. The van der Waals surface area contributed by atoms with Crippen LogP contribution in [-0.4, -0.2) is 31.4 Å². The highest BCUT2D eigenvalue weighted by Crippen LogP contribution is 2.21. The third-order valence-corrected chi connectivity index (χ3v) is 4.36. The van der Waals surface area contributed by atoms with E-state index in [0.29, 0.717) is 6.54 Å². The van der Waals surface area contributed by atoms with E-state index in [0.717, 1.165) is 19.3 Å². The minimum Gasteiger partial charge on any atom is -0.354 e. The van der Waals surface area contributed by atoms with Crippen LogP contribution >= 0.6 is 11.3 Å². The topological polar surface area (TPSA) is 32.3 Å². The number of amides is 1. The van der Waals surface area contributed by atoms with Crippen molar-refractivity contribution >= 4 is 17.2 Å². The van der Waals surface area contributed by atoms with Crippen molar-refractivity contribution in [2.75, 3.05) is 20.6 Å². The molecule has 0 aromatic carbocycles. The summed E-state index contributed by atoms with van der Waals surface area (Å²) in [6, 6.07) is 2.39. The van der Waals surface area contributed by atoms with Crippen LogP contribution in [0.4, 0.5) is 0 Å². The fourth-order valence-corrected chi connectivity index (χ4v) is 3.14. The van der Waals surface area contributed by atoms with E-state index >= 15 is 0 Å². The molecular weight excluding hydrogens is 256 g/mol. The van der Waals surface area contributed by atoms with Gasteiger partial charge in [-0.25, -0.2) is 0 Å². The molecule has 0 fully saturated rings. The van der Waals surface area contributed by atoms with Crippen molar-refractivity contribution in [2.45, 2.75) is 25.3 Å². The molecule has 0 radical (unpaired) electrons. The Hall–Kier alpha value is -1.13. The molecule has 0 aliphatic heterocycles. The first-order valence-electron chi connectivity index (χ1n) is 6.79. The number of hydrogen-bond donors (Lipinski definition) is 1. The van der Waals surface area contributed by atoms with Gasteiger partial charge in [-0.2, -0.15) is 11.3 Å². The minimum atomic E-state index is 0.162. The lowest BCUT2D eigenvalue weighted by atomic mass is 9.93. The number of likely N-dealkylation sites (N-methyl/N-ethyl adjacent to an activating group) is 1. The molecule has 0 spiro atoms. The summed E-state index contributed by atoms with van der Waals surface area (Å²) >= 11 is 1.70. The monoisotopic (exact) mass is 278 g/mol. The third kappa shape index (κ3) is 3.91. The SMILES string of the molecule is CN(C)[C@H](CNC(=O)[C@H]1CC=CCC1)c1ccsc1. The zero-order chi connectivity index (χ0) is 13.7. The molecule has 3 nitrogen and oxygen atoms in total. The van der Waals surface area contributed by atoms with Gasteiger partial charge in [-0.3, -0.25) is 4.79 Å². The van der Waals surface area contributed by atoms with E-state index in [1.807, 2.05) is 0 Å². The number of thiophene rings is 1. The van der Waals surface area contributed by atoms with E-state index < -0.39 is 0 Å². The summed E-state index contributed by atoms with van der Waals surface area (Å²) in [6.07, 6.45) is 7.18. The quantitative estimate of drug-likeness (QED) is 0.840. The maximum Gasteiger partial charge on any atom is 0.223 e. The van der Waals surface area contributed by atoms with Crippen LogP contribution in [0, 0.1) is 5.92 Å². The van der Waals surface area contributed by atoms with Gasteiger partial charge in [-0.1, -0.05) is 12.2 Å². The molecule has 1 heterocycles. The van der Waals surface area contributed by atoms with Gasteiger partial charge >= 0.3 is 0 Å². The Morgan fingerprint density at radius 3 is 2.95 bits per heavy atom. The number of carbonyl (C=O) groups excluding carboxylic acids is 1. The molecule has 2 rings (SSSR count). The molecule has 104 valence electrons. The molecule has 1 aliphatic carbocycles. The van der Waals surface area contributed by atoms with Crippen molar-refractivity contribution in [3.63, 3.8) is 0 Å². The van der Waals surface area contributed by atoms with Gasteiger partial charge in [-0.15, -0.1) is 0 Å². The molecule has 19 heavy (non-hydrogen) atoms. The zero-order valence-electron chi connectivity index (χ0n) is 11.6. The number of nitrogens with one attached hydrogen (secondary N) is 1. The summed E-state index contributed by atoms with van der Waals surface area (Å²) in [5, 5.41) is 7.35. The molecule has 1 aromatic rings. The average molecular weight is 278 g/mol. The van der Waals surface area contributed by atoms with Gasteiger partial charge in [0.1, 0.15) is 0 Å². The second-order valence-electron chi connectivity index (χ2n) is 5.26. The first kappa shape index (κ1) is 14.3. The third-order valence-electron chi connectivity index (χ3n) is 3.66. The summed E-state index contributed by atoms with van der Waals surface area (Å²) < 4.78 is 0. The maximum absolute atomic E-state index is 12.1. The van der Waals surface area contributed by atoms with Crippen LogP contribution in [0.25, 0.3) is 0 Å². The Morgan fingerprint density at radius 2 is 2.37 bits per heavy atom. The molecule has 1 N–H and O–H groups in total. The number of allylic oxidation sites excluding steroid dienone is 2. The maximum atomic E-state index is 12.1. The summed E-state index contributed by atoms with van der Waals surface area (Å²) in [5.41, 5.74) is 1.28. The molecule has 1 amide bonds. The van der Waals surface area contributed by atoms with E-state index in [2.05, 4.69) is 53.3 Å². The van der Waals surface area contributed by atoms with E-state index in [4.69, 9.17) is 0 Å². The first-order valence-corrected chi connectivity index (χ1v) is 7.74. The molecule has 0 saturated heterocycles. The molecule has 4 heteroatoms. The molecule has 2 atom stereocenters. The largest absolute Gasteiger partial charge is 0.354 e. The van der Waals surface area contributed by atoms with Gasteiger partial charge in [0.15, 0.2) is 0 Å². The van der Waals surface area contributed by atoms with Crippen LogP contribution in [-0.2, 0) is 4.79 Å². The standard InChI is InChI=1S/C15H22N2OS/c1-17(2)14(13-8-9-19-11-13)10-16-15(18)12-6-4-3-5-7-12/h3-4,8-9,11-12,14H,5-7,10H2,1-2H3,(H,16,18)/t12-,14+/m0/s1. The first-order chi connectivity index (χ1) is 9.18. The Kier molecular flexibility index (Phi) is 5.16. The highest BCUT2D eigenvalue weighted by Gasteiger charge is 2.21. The highest BCUT2D eigenvalue weighted by atomic mass is 32.1. The van der Waals surface area contributed by atoms with Crippen LogP contribution in [0.1, 0.15) is 30.9 Å². The van der Waals surface area contributed by atoms with E-state index in [-0.39, 0.29) is 17.9 Å². The van der Waals surface area contributed by atoms with E-state index in [1.54, 1.807) is 11.3 Å². The molecule has 0 saturated carbocycles. The summed E-state index contributed by atoms with van der Waals surface area (Å²) in [5.74, 6) is 0.363. The molecular formula is C15H22N2OS. The van der Waals surface area contributed by atoms with Crippen molar-refractivity contribution in [1.29, 1.82) is 0 Å². The fourth-order valence-electron chi connectivity index (χ4n) is 2.44. The van der Waals surface area contributed by atoms with E-state index in [1.165, 1.54) is 5.56 Å². The van der Waals surface area contributed by atoms with Gasteiger partial charge < -0.3 is 10.2 Å². The zero-order valence-corrected chi connectivity index (χ0v) is 12.5. The number of hydrogen-bond acceptors (Lipinski definition) is 3. The Bertz CT molecular complexity index is 425. The smallest absolute Gasteiger partial charge is 0.223 e. The highest BCUT2D eigenvalue weighted by molar-refractivity contribution is 7.07. The van der Waals surface area contributed by atoms with Gasteiger partial charge in [0.05, 0.1) is 6.04 Å². The van der Waals surface area contributed by atoms with Gasteiger partial charge in [0.2, 0.25) is 5.91 Å². The predicted octanol–water partition coefficient (Wildman–Crippen LogP) is 2.82. The second kappa shape index (κ2) is 6.87. The summed E-state index contributed by atoms with van der Waals surface area (Å²) in [6.45, 7) is 0.683. The van der Waals surface area contributed by atoms with Crippen molar-refractivity contribution < 1.29 is 4.79 Å². The number of rotatable bonds is 5. The number of nitrogens with zero attached hydrogens (tertiary/aromatic N) is 1. The normalized spacial score (nSPS) is 20.5. The lowest BCUT2D eigenvalue weighted by molar-refractivity contribution is -0.125. The van der Waals surface area contributed by atoms with Crippen LogP contribution < -0.4 is 5.32 Å². The second-order valence-corrected chi connectivity index (χ2v) is 6.04. The number of carbonyl (C=O) groups is 1. The van der Waals surface area contributed by atoms with E-state index in [9.17, 15) is 4.79 Å². The van der Waals surface area contributed by atoms with Crippen molar-refractivity contribution in [2.24, 2.45) is 5.92 Å². The lowest BCUT2D eigenvalue weighted by Crippen LogP contribution is -2.37. The molecule has 0 bridgehead atoms. The van der Waals surface area contributed by atoms with Crippen molar-refractivity contribution in [3.8, 4) is 0 Å². The minimum absolute atomic E-state index is 0.162. The Morgan fingerprint density at radius 1 is 1.53 bits per heavy atom. The van der Waals surface area contributed by atoms with Gasteiger partial charge in [0, 0.05) is 12.5 Å². The van der Waals surface area contributed by atoms with Gasteiger partial charge in [-0.05, 0) is 55.7 Å². The lowest BCUT2D eigenvalue weighted by Gasteiger charge is -2.25. The van der Waals surface area contributed by atoms with Crippen molar-refractivity contribution in [3.05, 3.63) is 34.5 Å². The summed E-state index contributed by atoms with van der Waals surface area (Å²) in [4.78, 5) is 14.3.